The Balaban J connectivity index is 2.87. The van der Waals surface area contributed by atoms with Crippen LogP contribution in [-0.2, 0) is 6.42 Å². The average molecular weight is 212 g/mol. The lowest BCUT2D eigenvalue weighted by molar-refractivity contribution is 0.376. The predicted molar refractivity (Wildman–Crippen MR) is 62.7 cm³/mol. The topological polar surface area (TPSA) is 26.0 Å². The van der Waals surface area contributed by atoms with Gasteiger partial charge in [0.2, 0.25) is 0 Å². The first-order valence-electron chi connectivity index (χ1n) is 4.90. The lowest BCUT2D eigenvalue weighted by Crippen LogP contribution is -2.26. The van der Waals surface area contributed by atoms with Crippen LogP contribution in [0, 0.1) is 12.3 Å². The SMILES string of the molecule is Cc1cc(Cl)ccc1CC(C)(C)CN. The molecule has 14 heavy (non-hydrogen) atoms. The van der Waals surface area contributed by atoms with Crippen LogP contribution in [0.5, 0.6) is 0 Å². The van der Waals surface area contributed by atoms with E-state index in [1.807, 2.05) is 12.1 Å². The van der Waals surface area contributed by atoms with Gasteiger partial charge in [0.15, 0.2) is 0 Å². The lowest BCUT2D eigenvalue weighted by atomic mass is 9.84. The van der Waals surface area contributed by atoms with Gasteiger partial charge in [0.05, 0.1) is 0 Å². The van der Waals surface area contributed by atoms with Crippen LogP contribution in [0.3, 0.4) is 0 Å². The van der Waals surface area contributed by atoms with Gasteiger partial charge in [-0.1, -0.05) is 31.5 Å². The van der Waals surface area contributed by atoms with Crippen molar-refractivity contribution < 1.29 is 0 Å². The second-order valence-electron chi connectivity index (χ2n) is 4.62. The van der Waals surface area contributed by atoms with E-state index in [-0.39, 0.29) is 5.41 Å². The molecule has 1 aromatic rings. The molecule has 1 rings (SSSR count). The highest BCUT2D eigenvalue weighted by Crippen LogP contribution is 2.24. The summed E-state index contributed by atoms with van der Waals surface area (Å²) in [7, 11) is 0. The van der Waals surface area contributed by atoms with Crippen molar-refractivity contribution in [2.75, 3.05) is 6.54 Å². The largest absolute Gasteiger partial charge is 0.330 e. The Morgan fingerprint density at radius 3 is 2.50 bits per heavy atom. The van der Waals surface area contributed by atoms with Crippen LogP contribution in [0.4, 0.5) is 0 Å². The maximum atomic E-state index is 5.90. The van der Waals surface area contributed by atoms with Gasteiger partial charge < -0.3 is 5.73 Å². The Morgan fingerprint density at radius 2 is 2.00 bits per heavy atom. The molecule has 0 saturated carbocycles. The van der Waals surface area contributed by atoms with Gasteiger partial charge in [-0.3, -0.25) is 0 Å². The molecule has 2 N–H and O–H groups in total. The van der Waals surface area contributed by atoms with Gasteiger partial charge in [-0.25, -0.2) is 0 Å². The molecule has 0 fully saturated rings. The van der Waals surface area contributed by atoms with Crippen LogP contribution in [-0.4, -0.2) is 6.54 Å². The number of aryl methyl sites for hydroxylation is 1. The van der Waals surface area contributed by atoms with Crippen molar-refractivity contribution in [1.82, 2.24) is 0 Å². The minimum Gasteiger partial charge on any atom is -0.330 e. The Bertz CT molecular complexity index is 318. The summed E-state index contributed by atoms with van der Waals surface area (Å²) in [5, 5.41) is 0.803. The molecule has 2 heteroatoms. The molecule has 0 saturated heterocycles. The normalized spacial score (nSPS) is 11.8. The molecule has 0 amide bonds. The van der Waals surface area contributed by atoms with E-state index < -0.39 is 0 Å². The molecule has 0 unspecified atom stereocenters. The summed E-state index contributed by atoms with van der Waals surface area (Å²) in [5.74, 6) is 0. The maximum Gasteiger partial charge on any atom is 0.0408 e. The predicted octanol–water partition coefficient (Wildman–Crippen LogP) is 3.18. The molecular weight excluding hydrogens is 194 g/mol. The monoisotopic (exact) mass is 211 g/mol. The van der Waals surface area contributed by atoms with Gasteiger partial charge in [0.25, 0.3) is 0 Å². The van der Waals surface area contributed by atoms with Gasteiger partial charge >= 0.3 is 0 Å². The van der Waals surface area contributed by atoms with Gasteiger partial charge in [-0.15, -0.1) is 0 Å². The minimum atomic E-state index is 0.165. The summed E-state index contributed by atoms with van der Waals surface area (Å²) < 4.78 is 0. The zero-order chi connectivity index (χ0) is 10.8. The minimum absolute atomic E-state index is 0.165. The van der Waals surface area contributed by atoms with Gasteiger partial charge in [-0.2, -0.15) is 0 Å². The van der Waals surface area contributed by atoms with Gasteiger partial charge in [-0.05, 0) is 48.6 Å². The van der Waals surface area contributed by atoms with Gasteiger partial charge in [0.1, 0.15) is 0 Å². The smallest absolute Gasteiger partial charge is 0.0408 e. The molecule has 78 valence electrons. The first kappa shape index (κ1) is 11.5. The van der Waals surface area contributed by atoms with E-state index in [4.69, 9.17) is 17.3 Å². The molecule has 1 nitrogen and oxygen atoms in total. The Hall–Kier alpha value is -0.530. The van der Waals surface area contributed by atoms with Crippen molar-refractivity contribution in [2.45, 2.75) is 27.2 Å². The summed E-state index contributed by atoms with van der Waals surface area (Å²) in [6, 6.07) is 6.04. The Morgan fingerprint density at radius 1 is 1.36 bits per heavy atom. The fraction of sp³-hybridized carbons (Fsp3) is 0.500. The summed E-state index contributed by atoms with van der Waals surface area (Å²) in [5.41, 5.74) is 8.46. The standard InChI is InChI=1S/C12H18ClN/c1-9-6-11(13)5-4-10(9)7-12(2,3)8-14/h4-6H,7-8,14H2,1-3H3. The zero-order valence-electron chi connectivity index (χ0n) is 9.10. The lowest BCUT2D eigenvalue weighted by Gasteiger charge is -2.23. The highest BCUT2D eigenvalue weighted by molar-refractivity contribution is 6.30. The highest BCUT2D eigenvalue weighted by atomic mass is 35.5. The van der Waals surface area contributed by atoms with Crippen LogP contribution in [0.1, 0.15) is 25.0 Å². The zero-order valence-corrected chi connectivity index (χ0v) is 9.86. The fourth-order valence-corrected chi connectivity index (χ4v) is 1.67. The molecule has 0 aromatic heterocycles. The number of hydrogen-bond donors (Lipinski definition) is 1. The van der Waals surface area contributed by atoms with E-state index in [1.54, 1.807) is 0 Å². The molecular formula is C12H18ClN. The second kappa shape index (κ2) is 4.33. The van der Waals surface area contributed by atoms with E-state index in [1.165, 1.54) is 11.1 Å². The van der Waals surface area contributed by atoms with E-state index in [2.05, 4.69) is 26.8 Å². The van der Waals surface area contributed by atoms with Crippen molar-refractivity contribution in [3.05, 3.63) is 34.3 Å². The summed E-state index contributed by atoms with van der Waals surface area (Å²) >= 11 is 5.90. The van der Waals surface area contributed by atoms with Crippen LogP contribution >= 0.6 is 11.6 Å². The van der Waals surface area contributed by atoms with Crippen molar-refractivity contribution in [3.8, 4) is 0 Å². The van der Waals surface area contributed by atoms with Crippen molar-refractivity contribution in [3.63, 3.8) is 0 Å². The molecule has 1 aromatic carbocycles. The van der Waals surface area contributed by atoms with Crippen LogP contribution in [0.15, 0.2) is 18.2 Å². The Kier molecular flexibility index (Phi) is 3.57. The molecule has 0 radical (unpaired) electrons. The first-order valence-corrected chi connectivity index (χ1v) is 5.27. The number of nitrogens with two attached hydrogens (primary N) is 1. The molecule has 0 atom stereocenters. The molecule has 0 spiro atoms. The molecule has 0 aliphatic heterocycles. The van der Waals surface area contributed by atoms with E-state index in [9.17, 15) is 0 Å². The average Bonchev–Trinajstić information content (AvgIpc) is 2.10. The van der Waals surface area contributed by atoms with Crippen LogP contribution in [0.25, 0.3) is 0 Å². The van der Waals surface area contributed by atoms with Crippen molar-refractivity contribution in [1.29, 1.82) is 0 Å². The van der Waals surface area contributed by atoms with Gasteiger partial charge in [0, 0.05) is 5.02 Å². The molecule has 0 aliphatic rings. The van der Waals surface area contributed by atoms with Crippen LogP contribution < -0.4 is 5.73 Å². The fourth-order valence-electron chi connectivity index (χ4n) is 1.45. The number of hydrogen-bond acceptors (Lipinski definition) is 1. The quantitative estimate of drug-likeness (QED) is 0.817. The third-order valence-electron chi connectivity index (χ3n) is 2.53. The molecule has 0 bridgehead atoms. The highest BCUT2D eigenvalue weighted by Gasteiger charge is 2.17. The van der Waals surface area contributed by atoms with E-state index in [0.29, 0.717) is 6.54 Å². The Labute approximate surface area is 91.3 Å². The van der Waals surface area contributed by atoms with Crippen molar-refractivity contribution in [2.24, 2.45) is 11.1 Å². The third kappa shape index (κ3) is 3.00. The number of rotatable bonds is 3. The van der Waals surface area contributed by atoms with E-state index >= 15 is 0 Å². The summed E-state index contributed by atoms with van der Waals surface area (Å²) in [4.78, 5) is 0. The summed E-state index contributed by atoms with van der Waals surface area (Å²) in [6.45, 7) is 7.16. The third-order valence-corrected chi connectivity index (χ3v) is 2.76. The summed E-state index contributed by atoms with van der Waals surface area (Å²) in [6.07, 6.45) is 1.01. The molecule has 0 heterocycles. The second-order valence-corrected chi connectivity index (χ2v) is 5.05. The number of benzene rings is 1. The van der Waals surface area contributed by atoms with E-state index in [0.717, 1.165) is 11.4 Å². The number of halogens is 1. The van der Waals surface area contributed by atoms with Crippen molar-refractivity contribution >= 4 is 11.6 Å². The first-order chi connectivity index (χ1) is 6.44. The maximum absolute atomic E-state index is 5.90. The van der Waals surface area contributed by atoms with Crippen LogP contribution in [0.2, 0.25) is 5.02 Å². The molecule has 0 aliphatic carbocycles.